The zero-order valence-corrected chi connectivity index (χ0v) is 39.9. The van der Waals surface area contributed by atoms with Crippen molar-refractivity contribution < 1.29 is 0 Å². The van der Waals surface area contributed by atoms with Crippen molar-refractivity contribution in [2.75, 3.05) is 0 Å². The first-order valence-corrected chi connectivity index (χ1v) is 23.3. The van der Waals surface area contributed by atoms with E-state index in [4.69, 9.17) is 4.98 Å². The molecule has 0 aliphatic rings. The Morgan fingerprint density at radius 2 is 0.692 bits per heavy atom. The lowest BCUT2D eigenvalue weighted by Crippen LogP contribution is -2.55. The molecule has 1 aromatic heterocycles. The molecule has 0 spiro atoms. The molecule has 0 saturated heterocycles. The van der Waals surface area contributed by atoms with Gasteiger partial charge in [-0.1, -0.05) is 126 Å². The van der Waals surface area contributed by atoms with Crippen LogP contribution in [0.15, 0.2) is 140 Å². The summed E-state index contributed by atoms with van der Waals surface area (Å²) in [5.41, 5.74) is 29.7. The second-order valence-electron chi connectivity index (χ2n) is 18.5. The number of aromatic nitrogens is 2. The van der Waals surface area contributed by atoms with E-state index in [2.05, 4.69) is 229 Å². The van der Waals surface area contributed by atoms with Gasteiger partial charge in [0.05, 0.1) is 11.0 Å². The Balaban J connectivity index is 1.15. The SMILES string of the molecule is Bc1c(B)c(B)c(-c2cc(-c3c(B)c(B)c(B)c(B)c3B)cc(-c3c4ccccc4c(-c4ccc(-c5ccc(-n6c(CC)nc7ccccc76)cc5)cc4)c4ccccc34)c2)c(B)c1B. The van der Waals surface area contributed by atoms with E-state index in [0.717, 1.165) is 29.0 Å². The van der Waals surface area contributed by atoms with Gasteiger partial charge in [-0.2, -0.15) is 0 Å². The number of benzene rings is 9. The maximum Gasteiger partial charge on any atom is 0.139 e. The molecule has 2 nitrogen and oxygen atoms in total. The molecule has 0 N–H and O–H groups in total. The smallest absolute Gasteiger partial charge is 0.139 e. The zero-order valence-electron chi connectivity index (χ0n) is 39.9. The predicted molar refractivity (Wildman–Crippen MR) is 314 cm³/mol. The third kappa shape index (κ3) is 6.91. The van der Waals surface area contributed by atoms with Crippen LogP contribution in [0.25, 0.3) is 93.9 Å². The first-order chi connectivity index (χ1) is 31.4. The molecule has 0 atom stereocenters. The molecule has 0 fully saturated rings. The lowest BCUT2D eigenvalue weighted by molar-refractivity contribution is 0.908. The predicted octanol–water partition coefficient (Wildman–Crippen LogP) is -3.19. The Kier molecular flexibility index (Phi) is 10.8. The standard InChI is InChI=1S/C53H48B10N2/c1-2-39-64-37-13-7-8-14-38(37)65(39)32-21-19-27(20-22-32)26-15-17-28(18-16-26)40-33-9-3-5-11-35(33)41(36-12-6-4-10-34(36)40)29-23-30(42-44(54)48(58)52(62)49(59)45(42)55)25-31(24-29)43-46(56)50(60)53(63)51(61)47(43)57/h3-25H,2,54-63H2,1H3. The van der Waals surface area contributed by atoms with E-state index in [-0.39, 0.29) is 0 Å². The number of nitrogens with zero attached hydrogens (tertiary/aromatic N) is 2. The fraction of sp³-hybridized carbons (Fsp3) is 0.0377. The molecule has 1 heterocycles. The average Bonchev–Trinajstić information content (AvgIpc) is 3.72. The lowest BCUT2D eigenvalue weighted by atomic mass is 9.59. The molecule has 0 radical (unpaired) electrons. The number of rotatable bonds is 7. The maximum absolute atomic E-state index is 4.92. The van der Waals surface area contributed by atoms with Crippen molar-refractivity contribution in [3.8, 4) is 61.3 Å². The van der Waals surface area contributed by atoms with E-state index in [0.29, 0.717) is 0 Å². The number of hydrogen-bond donors (Lipinski definition) is 0. The second-order valence-corrected chi connectivity index (χ2v) is 18.5. The van der Waals surface area contributed by atoms with E-state index in [9.17, 15) is 0 Å². The van der Waals surface area contributed by atoms with Gasteiger partial charge in [0.2, 0.25) is 0 Å². The Labute approximate surface area is 393 Å². The van der Waals surface area contributed by atoms with Gasteiger partial charge in [-0.3, -0.25) is 4.57 Å². The lowest BCUT2D eigenvalue weighted by Gasteiger charge is -2.25. The van der Waals surface area contributed by atoms with Crippen LogP contribution >= 0.6 is 0 Å². The molecule has 65 heavy (non-hydrogen) atoms. The number of aryl methyl sites for hydroxylation is 1. The summed E-state index contributed by atoms with van der Waals surface area (Å²) >= 11 is 0. The van der Waals surface area contributed by atoms with Crippen molar-refractivity contribution in [3.05, 3.63) is 145 Å². The fourth-order valence-corrected chi connectivity index (χ4v) is 10.9. The highest BCUT2D eigenvalue weighted by Gasteiger charge is 2.22. The zero-order chi connectivity index (χ0) is 45.4. The van der Waals surface area contributed by atoms with Crippen LogP contribution in [0.4, 0.5) is 0 Å². The molecule has 10 aromatic rings. The Morgan fingerprint density at radius 1 is 0.354 bits per heavy atom. The van der Waals surface area contributed by atoms with Crippen molar-refractivity contribution in [2.45, 2.75) is 13.3 Å². The van der Waals surface area contributed by atoms with Gasteiger partial charge in [0.1, 0.15) is 84.3 Å². The van der Waals surface area contributed by atoms with E-state index >= 15 is 0 Å². The monoisotopic (exact) mass is 822 g/mol. The van der Waals surface area contributed by atoms with Crippen LogP contribution < -0.4 is 54.6 Å². The van der Waals surface area contributed by atoms with E-state index in [1.54, 1.807) is 0 Å². The molecular weight excluding hydrogens is 773 g/mol. The quantitative estimate of drug-likeness (QED) is 0.123. The Morgan fingerprint density at radius 3 is 1.12 bits per heavy atom. The number of fused-ring (bicyclic) bond motifs is 3. The minimum atomic E-state index is 0.869. The van der Waals surface area contributed by atoms with Gasteiger partial charge in [0.15, 0.2) is 0 Å². The van der Waals surface area contributed by atoms with Gasteiger partial charge in [0, 0.05) is 12.1 Å². The molecule has 0 aliphatic carbocycles. The van der Waals surface area contributed by atoms with Gasteiger partial charge >= 0.3 is 0 Å². The molecule has 0 amide bonds. The first-order valence-electron chi connectivity index (χ1n) is 23.3. The molecule has 300 valence electrons. The minimum Gasteiger partial charge on any atom is -0.296 e. The number of hydrogen-bond acceptors (Lipinski definition) is 1. The number of para-hydroxylation sites is 2. The fourth-order valence-electron chi connectivity index (χ4n) is 10.9. The van der Waals surface area contributed by atoms with Gasteiger partial charge in [-0.15, -0.1) is 32.8 Å². The number of imidazole rings is 1. The van der Waals surface area contributed by atoms with Crippen molar-refractivity contribution in [1.29, 1.82) is 0 Å². The van der Waals surface area contributed by atoms with Crippen molar-refractivity contribution in [1.82, 2.24) is 9.55 Å². The van der Waals surface area contributed by atoms with Crippen LogP contribution in [0.1, 0.15) is 12.7 Å². The third-order valence-electron chi connectivity index (χ3n) is 15.3. The van der Waals surface area contributed by atoms with Crippen molar-refractivity contribution in [3.63, 3.8) is 0 Å². The van der Waals surface area contributed by atoms with Gasteiger partial charge in [0.25, 0.3) is 0 Å². The summed E-state index contributed by atoms with van der Waals surface area (Å²) in [5, 5.41) is 5.04. The summed E-state index contributed by atoms with van der Waals surface area (Å²) in [5.74, 6) is 1.07. The maximum atomic E-state index is 4.92. The van der Waals surface area contributed by atoms with Gasteiger partial charge < -0.3 is 0 Å². The molecule has 12 heteroatoms. The van der Waals surface area contributed by atoms with Crippen molar-refractivity contribution in [2.24, 2.45) is 0 Å². The molecule has 0 saturated carbocycles. The van der Waals surface area contributed by atoms with Crippen LogP contribution in [0.3, 0.4) is 0 Å². The summed E-state index contributed by atoms with van der Waals surface area (Å²) < 4.78 is 2.29. The summed E-state index contributed by atoms with van der Waals surface area (Å²) in [6.45, 7) is 2.17. The average molecular weight is 821 g/mol. The highest BCUT2D eigenvalue weighted by molar-refractivity contribution is 6.70. The van der Waals surface area contributed by atoms with Crippen molar-refractivity contribution >= 4 is 166 Å². The second kappa shape index (κ2) is 16.6. The van der Waals surface area contributed by atoms with E-state index < -0.39 is 0 Å². The highest BCUT2D eigenvalue weighted by atomic mass is 15.1. The Hall–Kier alpha value is -6.38. The topological polar surface area (TPSA) is 17.8 Å². The molecule has 0 unspecified atom stereocenters. The molecule has 10 rings (SSSR count). The van der Waals surface area contributed by atoms with Crippen LogP contribution in [0.5, 0.6) is 0 Å². The van der Waals surface area contributed by atoms with Crippen LogP contribution in [-0.4, -0.2) is 88.0 Å². The summed E-state index contributed by atoms with van der Waals surface area (Å²) in [6, 6.07) is 52.1. The normalized spacial score (nSPS) is 11.5. The molecule has 9 aromatic carbocycles. The molecule has 0 aliphatic heterocycles. The first kappa shape index (κ1) is 42.6. The third-order valence-corrected chi connectivity index (χ3v) is 15.3. The van der Waals surface area contributed by atoms with Gasteiger partial charge in [-0.05, 0) is 120 Å². The Bertz CT molecular complexity index is 3380. The summed E-state index contributed by atoms with van der Waals surface area (Å²) in [7, 11) is 23.0. The highest BCUT2D eigenvalue weighted by Crippen LogP contribution is 2.45. The van der Waals surface area contributed by atoms with Crippen LogP contribution in [-0.2, 0) is 6.42 Å². The van der Waals surface area contributed by atoms with E-state index in [1.165, 1.54) is 132 Å². The van der Waals surface area contributed by atoms with Gasteiger partial charge in [-0.25, -0.2) is 4.98 Å². The molecule has 0 bridgehead atoms. The molecular formula is C53H48B10N2. The largest absolute Gasteiger partial charge is 0.296 e. The van der Waals surface area contributed by atoms with E-state index in [1.807, 2.05) is 0 Å². The summed E-state index contributed by atoms with van der Waals surface area (Å²) in [6.07, 6.45) is 0.869. The van der Waals surface area contributed by atoms with Crippen LogP contribution in [0, 0.1) is 0 Å². The minimum absolute atomic E-state index is 0.869. The van der Waals surface area contributed by atoms with Crippen LogP contribution in [0.2, 0.25) is 0 Å². The summed E-state index contributed by atoms with van der Waals surface area (Å²) in [4.78, 5) is 4.92.